The molecular weight excluding hydrogens is 289 g/mol. The first-order chi connectivity index (χ1) is 9.91. The average Bonchev–Trinajstić information content (AvgIpc) is 2.44. The number of nitro groups is 1. The Morgan fingerprint density at radius 2 is 1.86 bits per heavy atom. The predicted octanol–water partition coefficient (Wildman–Crippen LogP) is 3.33. The van der Waals surface area contributed by atoms with Crippen LogP contribution in [0.3, 0.4) is 0 Å². The fraction of sp³-hybridized carbons (Fsp3) is 0.0769. The molecule has 0 saturated heterocycles. The molecule has 2 rings (SSSR count). The van der Waals surface area contributed by atoms with Crippen LogP contribution >= 0.6 is 0 Å². The number of nitro benzene ring substituents is 1. The van der Waals surface area contributed by atoms with Gasteiger partial charge in [-0.25, -0.2) is 13.2 Å². The Hall–Kier alpha value is -2.77. The van der Waals surface area contributed by atoms with Crippen molar-refractivity contribution in [1.82, 2.24) is 0 Å². The van der Waals surface area contributed by atoms with Gasteiger partial charge in [-0.1, -0.05) is 12.1 Å². The van der Waals surface area contributed by atoms with Gasteiger partial charge in [-0.2, -0.15) is 0 Å². The molecule has 0 atom stereocenters. The Kier molecular flexibility index (Phi) is 3.97. The second kappa shape index (κ2) is 5.70. The number of phenols is 1. The molecular formula is C13H9F3N2O3. The molecule has 21 heavy (non-hydrogen) atoms. The zero-order valence-electron chi connectivity index (χ0n) is 10.4. The van der Waals surface area contributed by atoms with E-state index < -0.39 is 39.5 Å². The molecule has 0 bridgehead atoms. The molecule has 0 radical (unpaired) electrons. The summed E-state index contributed by atoms with van der Waals surface area (Å²) in [6.07, 6.45) is 0. The van der Waals surface area contributed by atoms with Gasteiger partial charge in [0.1, 0.15) is 0 Å². The molecule has 0 amide bonds. The number of halogens is 3. The van der Waals surface area contributed by atoms with Crippen molar-refractivity contribution in [3.63, 3.8) is 0 Å². The van der Waals surface area contributed by atoms with E-state index in [4.69, 9.17) is 0 Å². The van der Waals surface area contributed by atoms with E-state index in [1.165, 1.54) is 12.1 Å². The molecule has 2 aromatic rings. The normalized spacial score (nSPS) is 10.4. The van der Waals surface area contributed by atoms with Crippen LogP contribution in [0.4, 0.5) is 24.5 Å². The molecule has 110 valence electrons. The smallest absolute Gasteiger partial charge is 0.295 e. The van der Waals surface area contributed by atoms with Gasteiger partial charge < -0.3 is 10.4 Å². The maximum atomic E-state index is 13.6. The highest BCUT2D eigenvalue weighted by Gasteiger charge is 2.21. The van der Waals surface area contributed by atoms with Crippen LogP contribution in [-0.4, -0.2) is 10.0 Å². The van der Waals surface area contributed by atoms with Crippen LogP contribution in [0.25, 0.3) is 0 Å². The lowest BCUT2D eigenvalue weighted by Crippen LogP contribution is -2.06. The van der Waals surface area contributed by atoms with Gasteiger partial charge in [-0.15, -0.1) is 0 Å². The van der Waals surface area contributed by atoms with Crippen LogP contribution in [0.2, 0.25) is 0 Å². The van der Waals surface area contributed by atoms with E-state index in [-0.39, 0.29) is 12.1 Å². The molecule has 0 fully saturated rings. The number of nitrogens with one attached hydrogen (secondary N) is 1. The second-order valence-electron chi connectivity index (χ2n) is 4.11. The van der Waals surface area contributed by atoms with Crippen molar-refractivity contribution < 1.29 is 23.2 Å². The maximum absolute atomic E-state index is 13.6. The van der Waals surface area contributed by atoms with Crippen molar-refractivity contribution in [2.75, 3.05) is 5.32 Å². The van der Waals surface area contributed by atoms with Crippen LogP contribution in [-0.2, 0) is 6.54 Å². The lowest BCUT2D eigenvalue weighted by Gasteiger charge is -2.10. The van der Waals surface area contributed by atoms with Crippen LogP contribution in [0.1, 0.15) is 5.56 Å². The molecule has 0 aliphatic heterocycles. The van der Waals surface area contributed by atoms with Gasteiger partial charge in [0.2, 0.25) is 0 Å². The van der Waals surface area contributed by atoms with Gasteiger partial charge in [-0.3, -0.25) is 10.1 Å². The molecule has 0 saturated carbocycles. The summed E-state index contributed by atoms with van der Waals surface area (Å²) in [7, 11) is 0. The summed E-state index contributed by atoms with van der Waals surface area (Å²) in [4.78, 5) is 9.91. The number of phenolic OH excluding ortho intramolecular Hbond substituents is 1. The highest BCUT2D eigenvalue weighted by molar-refractivity contribution is 5.62. The van der Waals surface area contributed by atoms with Crippen molar-refractivity contribution in [3.8, 4) is 5.75 Å². The molecule has 0 heterocycles. The van der Waals surface area contributed by atoms with E-state index in [1.807, 2.05) is 0 Å². The summed E-state index contributed by atoms with van der Waals surface area (Å²) in [6.45, 7) is -0.315. The Morgan fingerprint density at radius 3 is 2.52 bits per heavy atom. The van der Waals surface area contributed by atoms with E-state index in [2.05, 4.69) is 5.32 Å². The molecule has 0 unspecified atom stereocenters. The standard InChI is InChI=1S/C13H9F3N2O3/c14-8-4-5-10(18(20)21)12(11(8)16)17-6-7-2-1-3-9(15)13(7)19/h1-5,17,19H,6H2. The Bertz CT molecular complexity index is 707. The van der Waals surface area contributed by atoms with Crippen molar-refractivity contribution in [3.05, 3.63) is 63.5 Å². The highest BCUT2D eigenvalue weighted by Crippen LogP contribution is 2.30. The third-order valence-corrected chi connectivity index (χ3v) is 2.80. The van der Waals surface area contributed by atoms with E-state index in [0.717, 1.165) is 12.1 Å². The number of benzene rings is 2. The minimum atomic E-state index is -1.42. The summed E-state index contributed by atoms with van der Waals surface area (Å²) in [6, 6.07) is 5.12. The average molecular weight is 298 g/mol. The Labute approximate surface area is 116 Å². The SMILES string of the molecule is O=[N+]([O-])c1ccc(F)c(F)c1NCc1cccc(F)c1O. The topological polar surface area (TPSA) is 75.4 Å². The minimum absolute atomic E-state index is 0.0490. The lowest BCUT2D eigenvalue weighted by atomic mass is 10.1. The van der Waals surface area contributed by atoms with Gasteiger partial charge in [-0.05, 0) is 12.1 Å². The molecule has 8 heteroatoms. The van der Waals surface area contributed by atoms with Gasteiger partial charge in [0.05, 0.1) is 4.92 Å². The van der Waals surface area contributed by atoms with Crippen molar-refractivity contribution in [1.29, 1.82) is 0 Å². The zero-order valence-corrected chi connectivity index (χ0v) is 10.4. The monoisotopic (exact) mass is 298 g/mol. The van der Waals surface area contributed by atoms with Crippen LogP contribution in [0.15, 0.2) is 30.3 Å². The molecule has 0 aliphatic rings. The number of rotatable bonds is 4. The van der Waals surface area contributed by atoms with Crippen molar-refractivity contribution >= 4 is 11.4 Å². The molecule has 0 spiro atoms. The zero-order chi connectivity index (χ0) is 15.6. The fourth-order valence-corrected chi connectivity index (χ4v) is 1.75. The number of hydrogen-bond acceptors (Lipinski definition) is 4. The van der Waals surface area contributed by atoms with Crippen LogP contribution in [0, 0.1) is 27.6 Å². The third kappa shape index (κ3) is 2.88. The van der Waals surface area contributed by atoms with Gasteiger partial charge >= 0.3 is 0 Å². The Morgan fingerprint density at radius 1 is 1.14 bits per heavy atom. The van der Waals surface area contributed by atoms with Gasteiger partial charge in [0, 0.05) is 18.2 Å². The number of aromatic hydroxyl groups is 1. The first kappa shape index (κ1) is 14.6. The van der Waals surface area contributed by atoms with Crippen LogP contribution < -0.4 is 5.32 Å². The molecule has 0 aliphatic carbocycles. The molecule has 2 N–H and O–H groups in total. The molecule has 0 aromatic heterocycles. The quantitative estimate of drug-likeness (QED) is 0.670. The van der Waals surface area contributed by atoms with E-state index in [0.29, 0.717) is 6.07 Å². The number of para-hydroxylation sites is 1. The van der Waals surface area contributed by atoms with E-state index in [9.17, 15) is 28.4 Å². The summed E-state index contributed by atoms with van der Waals surface area (Å²) in [5.74, 6) is -4.22. The summed E-state index contributed by atoms with van der Waals surface area (Å²) >= 11 is 0. The van der Waals surface area contributed by atoms with Crippen LogP contribution in [0.5, 0.6) is 5.75 Å². The first-order valence-corrected chi connectivity index (χ1v) is 5.74. The summed E-state index contributed by atoms with van der Waals surface area (Å²) < 4.78 is 39.9. The van der Waals surface area contributed by atoms with Crippen molar-refractivity contribution in [2.45, 2.75) is 6.54 Å². The largest absolute Gasteiger partial charge is 0.505 e. The number of nitrogens with zero attached hydrogens (tertiary/aromatic N) is 1. The summed E-state index contributed by atoms with van der Waals surface area (Å²) in [5.41, 5.74) is -1.28. The number of hydrogen-bond donors (Lipinski definition) is 2. The number of anilines is 1. The maximum Gasteiger partial charge on any atom is 0.295 e. The highest BCUT2D eigenvalue weighted by atomic mass is 19.2. The summed E-state index contributed by atoms with van der Waals surface area (Å²) in [5, 5.41) is 22.6. The van der Waals surface area contributed by atoms with E-state index >= 15 is 0 Å². The Balaban J connectivity index is 2.33. The lowest BCUT2D eigenvalue weighted by molar-refractivity contribution is -0.384. The first-order valence-electron chi connectivity index (χ1n) is 5.74. The van der Waals surface area contributed by atoms with Gasteiger partial charge in [0.25, 0.3) is 5.69 Å². The second-order valence-corrected chi connectivity index (χ2v) is 4.11. The minimum Gasteiger partial charge on any atom is -0.505 e. The third-order valence-electron chi connectivity index (χ3n) is 2.80. The predicted molar refractivity (Wildman–Crippen MR) is 68.4 cm³/mol. The van der Waals surface area contributed by atoms with Gasteiger partial charge in [0.15, 0.2) is 28.9 Å². The van der Waals surface area contributed by atoms with E-state index in [1.54, 1.807) is 0 Å². The van der Waals surface area contributed by atoms with Crippen molar-refractivity contribution in [2.24, 2.45) is 0 Å². The fourth-order valence-electron chi connectivity index (χ4n) is 1.75. The molecule has 2 aromatic carbocycles. The molecule has 5 nitrogen and oxygen atoms in total.